The molecule has 19 heavy (non-hydrogen) atoms. The Labute approximate surface area is 114 Å². The third-order valence-electron chi connectivity index (χ3n) is 4.11. The molecule has 2 aromatic rings. The van der Waals surface area contributed by atoms with Crippen molar-refractivity contribution in [2.45, 2.75) is 19.8 Å². The number of anilines is 1. The van der Waals surface area contributed by atoms with E-state index in [2.05, 4.69) is 47.1 Å². The van der Waals surface area contributed by atoms with E-state index in [0.717, 1.165) is 30.8 Å². The molecule has 0 amide bonds. The lowest BCUT2D eigenvalue weighted by atomic mass is 9.96. The Kier molecular flexibility index (Phi) is 3.38. The molecule has 3 rings (SSSR count). The fourth-order valence-corrected chi connectivity index (χ4v) is 2.96. The van der Waals surface area contributed by atoms with Gasteiger partial charge >= 0.3 is 0 Å². The molecule has 0 bridgehead atoms. The summed E-state index contributed by atoms with van der Waals surface area (Å²) in [5.41, 5.74) is 9.29. The van der Waals surface area contributed by atoms with Gasteiger partial charge < -0.3 is 10.6 Å². The van der Waals surface area contributed by atoms with Gasteiger partial charge in [-0.1, -0.05) is 18.2 Å². The first-order valence-electron chi connectivity index (χ1n) is 7.09. The van der Waals surface area contributed by atoms with Crippen molar-refractivity contribution in [3.05, 3.63) is 36.0 Å². The highest BCUT2D eigenvalue weighted by Gasteiger charge is 2.19. The molecule has 0 saturated carbocycles. The average Bonchev–Trinajstić information content (AvgIpc) is 2.46. The highest BCUT2D eigenvalue weighted by atomic mass is 15.1. The van der Waals surface area contributed by atoms with Gasteiger partial charge in [-0.3, -0.25) is 4.98 Å². The maximum atomic E-state index is 5.77. The van der Waals surface area contributed by atoms with Crippen molar-refractivity contribution in [2.75, 3.05) is 24.5 Å². The van der Waals surface area contributed by atoms with Gasteiger partial charge in [-0.15, -0.1) is 0 Å². The summed E-state index contributed by atoms with van der Waals surface area (Å²) in [5.74, 6) is 0.699. The number of piperidine rings is 1. The van der Waals surface area contributed by atoms with E-state index in [9.17, 15) is 0 Å². The van der Waals surface area contributed by atoms with Crippen LogP contribution in [0, 0.1) is 12.8 Å². The number of fused-ring (bicyclic) bond motifs is 1. The monoisotopic (exact) mass is 255 g/mol. The van der Waals surface area contributed by atoms with Gasteiger partial charge in [0.2, 0.25) is 0 Å². The molecule has 1 aliphatic rings. The first-order valence-corrected chi connectivity index (χ1v) is 7.09. The van der Waals surface area contributed by atoms with E-state index in [1.54, 1.807) is 0 Å². The molecule has 0 unspecified atom stereocenters. The predicted octanol–water partition coefficient (Wildman–Crippen LogP) is 2.72. The quantitative estimate of drug-likeness (QED) is 0.897. The summed E-state index contributed by atoms with van der Waals surface area (Å²) < 4.78 is 0. The van der Waals surface area contributed by atoms with Gasteiger partial charge in [-0.05, 0) is 44.4 Å². The third-order valence-corrected chi connectivity index (χ3v) is 4.11. The van der Waals surface area contributed by atoms with Crippen LogP contribution in [0.4, 0.5) is 5.69 Å². The maximum absolute atomic E-state index is 5.77. The molecule has 2 heterocycles. The summed E-state index contributed by atoms with van der Waals surface area (Å²) in [5, 5.41) is 1.26. The van der Waals surface area contributed by atoms with Crippen LogP contribution >= 0.6 is 0 Å². The SMILES string of the molecule is Cc1cc(N2CCC(CN)CC2)c2ccccc2n1. The van der Waals surface area contributed by atoms with Crippen LogP contribution in [0.1, 0.15) is 18.5 Å². The second kappa shape index (κ2) is 5.17. The summed E-state index contributed by atoms with van der Waals surface area (Å²) in [6, 6.07) is 10.6. The molecular formula is C16H21N3. The minimum absolute atomic E-state index is 0.699. The van der Waals surface area contributed by atoms with E-state index in [1.165, 1.54) is 23.9 Å². The van der Waals surface area contributed by atoms with Crippen LogP contribution in [-0.2, 0) is 0 Å². The average molecular weight is 255 g/mol. The van der Waals surface area contributed by atoms with E-state index < -0.39 is 0 Å². The summed E-state index contributed by atoms with van der Waals surface area (Å²) in [6.45, 7) is 5.11. The Balaban J connectivity index is 1.96. The number of rotatable bonds is 2. The fourth-order valence-electron chi connectivity index (χ4n) is 2.96. The van der Waals surface area contributed by atoms with E-state index in [0.29, 0.717) is 5.92 Å². The number of hydrogen-bond acceptors (Lipinski definition) is 3. The van der Waals surface area contributed by atoms with Crippen molar-refractivity contribution >= 4 is 16.6 Å². The van der Waals surface area contributed by atoms with Crippen molar-refractivity contribution < 1.29 is 0 Å². The Morgan fingerprint density at radius 3 is 2.74 bits per heavy atom. The number of nitrogens with zero attached hydrogens (tertiary/aromatic N) is 2. The highest BCUT2D eigenvalue weighted by molar-refractivity contribution is 5.92. The Hall–Kier alpha value is -1.61. The topological polar surface area (TPSA) is 42.1 Å². The zero-order chi connectivity index (χ0) is 13.2. The molecule has 3 heteroatoms. The lowest BCUT2D eigenvalue weighted by Gasteiger charge is -2.34. The summed E-state index contributed by atoms with van der Waals surface area (Å²) >= 11 is 0. The standard InChI is InChI=1S/C16H21N3/c1-12-10-16(14-4-2-3-5-15(14)18-12)19-8-6-13(11-17)7-9-19/h2-5,10,13H,6-9,11,17H2,1H3. The summed E-state index contributed by atoms with van der Waals surface area (Å²) in [6.07, 6.45) is 2.40. The zero-order valence-electron chi connectivity index (χ0n) is 11.5. The predicted molar refractivity (Wildman–Crippen MR) is 80.5 cm³/mol. The molecular weight excluding hydrogens is 234 g/mol. The fraction of sp³-hybridized carbons (Fsp3) is 0.438. The van der Waals surface area contributed by atoms with Crippen molar-refractivity contribution in [2.24, 2.45) is 11.7 Å². The van der Waals surface area contributed by atoms with Gasteiger partial charge in [0.05, 0.1) is 5.52 Å². The minimum Gasteiger partial charge on any atom is -0.371 e. The third kappa shape index (κ3) is 2.43. The Bertz CT molecular complexity index is 571. The molecule has 0 spiro atoms. The number of hydrogen-bond donors (Lipinski definition) is 1. The van der Waals surface area contributed by atoms with Crippen LogP contribution in [-0.4, -0.2) is 24.6 Å². The van der Waals surface area contributed by atoms with Gasteiger partial charge in [0, 0.05) is 29.9 Å². The molecule has 1 aliphatic heterocycles. The van der Waals surface area contributed by atoms with E-state index >= 15 is 0 Å². The van der Waals surface area contributed by atoms with Crippen molar-refractivity contribution in [3.63, 3.8) is 0 Å². The molecule has 1 fully saturated rings. The largest absolute Gasteiger partial charge is 0.371 e. The van der Waals surface area contributed by atoms with Crippen LogP contribution < -0.4 is 10.6 Å². The van der Waals surface area contributed by atoms with Gasteiger partial charge in [0.25, 0.3) is 0 Å². The molecule has 0 radical (unpaired) electrons. The van der Waals surface area contributed by atoms with Crippen LogP contribution in [0.15, 0.2) is 30.3 Å². The van der Waals surface area contributed by atoms with Crippen molar-refractivity contribution in [1.82, 2.24) is 4.98 Å². The van der Waals surface area contributed by atoms with E-state index in [4.69, 9.17) is 5.73 Å². The molecule has 0 aliphatic carbocycles. The smallest absolute Gasteiger partial charge is 0.0726 e. The lowest BCUT2D eigenvalue weighted by molar-refractivity contribution is 0.415. The van der Waals surface area contributed by atoms with Crippen LogP contribution in [0.2, 0.25) is 0 Å². The Morgan fingerprint density at radius 2 is 2.00 bits per heavy atom. The van der Waals surface area contributed by atoms with Gasteiger partial charge in [0.15, 0.2) is 0 Å². The zero-order valence-corrected chi connectivity index (χ0v) is 11.5. The number of benzene rings is 1. The van der Waals surface area contributed by atoms with Crippen LogP contribution in [0.3, 0.4) is 0 Å². The molecule has 2 N–H and O–H groups in total. The van der Waals surface area contributed by atoms with E-state index in [1.807, 2.05) is 0 Å². The number of para-hydroxylation sites is 1. The summed E-state index contributed by atoms with van der Waals surface area (Å²) in [4.78, 5) is 7.10. The Morgan fingerprint density at radius 1 is 1.26 bits per heavy atom. The second-order valence-electron chi connectivity index (χ2n) is 5.47. The first-order chi connectivity index (χ1) is 9.28. The molecule has 100 valence electrons. The molecule has 1 aromatic heterocycles. The molecule has 1 aromatic carbocycles. The lowest BCUT2D eigenvalue weighted by Crippen LogP contribution is -2.36. The summed E-state index contributed by atoms with van der Waals surface area (Å²) in [7, 11) is 0. The van der Waals surface area contributed by atoms with Crippen molar-refractivity contribution in [1.29, 1.82) is 0 Å². The second-order valence-corrected chi connectivity index (χ2v) is 5.47. The first kappa shape index (κ1) is 12.4. The number of pyridine rings is 1. The number of aryl methyl sites for hydroxylation is 1. The van der Waals surface area contributed by atoms with Gasteiger partial charge in [-0.25, -0.2) is 0 Å². The number of aromatic nitrogens is 1. The maximum Gasteiger partial charge on any atom is 0.0726 e. The van der Waals surface area contributed by atoms with Crippen LogP contribution in [0.25, 0.3) is 10.9 Å². The normalized spacial score (nSPS) is 17.1. The molecule has 1 saturated heterocycles. The minimum atomic E-state index is 0.699. The molecule has 0 atom stereocenters. The van der Waals surface area contributed by atoms with E-state index in [-0.39, 0.29) is 0 Å². The van der Waals surface area contributed by atoms with Crippen molar-refractivity contribution in [3.8, 4) is 0 Å². The number of nitrogens with two attached hydrogens (primary N) is 1. The molecule has 3 nitrogen and oxygen atoms in total. The van der Waals surface area contributed by atoms with Gasteiger partial charge in [0.1, 0.15) is 0 Å². The van der Waals surface area contributed by atoms with Crippen LogP contribution in [0.5, 0.6) is 0 Å². The van der Waals surface area contributed by atoms with Gasteiger partial charge in [-0.2, -0.15) is 0 Å². The highest BCUT2D eigenvalue weighted by Crippen LogP contribution is 2.29.